The van der Waals surface area contributed by atoms with Crippen LogP contribution in [0.3, 0.4) is 0 Å². The van der Waals surface area contributed by atoms with E-state index in [1.165, 1.54) is 11.1 Å². The van der Waals surface area contributed by atoms with Crippen molar-refractivity contribution in [2.45, 2.75) is 47.0 Å². The van der Waals surface area contributed by atoms with Gasteiger partial charge in [0.15, 0.2) is 0 Å². The molecular weight excluding hydrogens is 264 g/mol. The number of carbonyl (C=O) groups excluding carboxylic acids is 1. The van der Waals surface area contributed by atoms with Gasteiger partial charge in [0.25, 0.3) is 0 Å². The standard InChI is InChI=1S/C17H28N2O2/c1-5-6-7-8-18-17(20)19-9-10-21-16-12-14(3)13(2)11-15(16)4/h11-12H,5-10H2,1-4H3,(H2,18,19,20). The van der Waals surface area contributed by atoms with E-state index in [0.29, 0.717) is 13.2 Å². The first-order chi connectivity index (χ1) is 10.0. The van der Waals surface area contributed by atoms with Crippen LogP contribution < -0.4 is 15.4 Å². The molecule has 0 aliphatic carbocycles. The van der Waals surface area contributed by atoms with E-state index in [0.717, 1.165) is 37.1 Å². The highest BCUT2D eigenvalue weighted by molar-refractivity contribution is 5.73. The van der Waals surface area contributed by atoms with Crippen molar-refractivity contribution in [1.82, 2.24) is 10.6 Å². The smallest absolute Gasteiger partial charge is 0.314 e. The van der Waals surface area contributed by atoms with E-state index < -0.39 is 0 Å². The Morgan fingerprint density at radius 3 is 2.38 bits per heavy atom. The van der Waals surface area contributed by atoms with Crippen LogP contribution in [0.25, 0.3) is 0 Å². The molecule has 0 spiro atoms. The number of amides is 2. The van der Waals surface area contributed by atoms with E-state index in [1.807, 2.05) is 6.92 Å². The molecule has 0 bridgehead atoms. The molecule has 0 fully saturated rings. The maximum atomic E-state index is 11.5. The molecule has 1 aromatic carbocycles. The third kappa shape index (κ3) is 6.52. The highest BCUT2D eigenvalue weighted by Crippen LogP contribution is 2.22. The number of hydrogen-bond donors (Lipinski definition) is 2. The zero-order valence-electron chi connectivity index (χ0n) is 13.7. The van der Waals surface area contributed by atoms with Crippen molar-refractivity contribution in [3.8, 4) is 5.75 Å². The summed E-state index contributed by atoms with van der Waals surface area (Å²) in [6.07, 6.45) is 3.34. The molecule has 0 saturated heterocycles. The summed E-state index contributed by atoms with van der Waals surface area (Å²) < 4.78 is 5.72. The minimum Gasteiger partial charge on any atom is -0.491 e. The highest BCUT2D eigenvalue weighted by Gasteiger charge is 2.03. The molecule has 21 heavy (non-hydrogen) atoms. The molecule has 0 saturated carbocycles. The van der Waals surface area contributed by atoms with Gasteiger partial charge >= 0.3 is 6.03 Å². The van der Waals surface area contributed by atoms with Gasteiger partial charge in [-0.1, -0.05) is 25.8 Å². The molecule has 1 aromatic rings. The SMILES string of the molecule is CCCCCNC(=O)NCCOc1cc(C)c(C)cc1C. The first-order valence-electron chi connectivity index (χ1n) is 7.77. The topological polar surface area (TPSA) is 50.4 Å². The number of urea groups is 1. The molecule has 0 aliphatic heterocycles. The maximum Gasteiger partial charge on any atom is 0.314 e. The van der Waals surface area contributed by atoms with Crippen molar-refractivity contribution in [3.63, 3.8) is 0 Å². The van der Waals surface area contributed by atoms with E-state index >= 15 is 0 Å². The fraction of sp³-hybridized carbons (Fsp3) is 0.588. The Labute approximate surface area is 128 Å². The quantitative estimate of drug-likeness (QED) is 0.721. The second-order valence-corrected chi connectivity index (χ2v) is 5.44. The van der Waals surface area contributed by atoms with Crippen LogP contribution in [0.15, 0.2) is 12.1 Å². The monoisotopic (exact) mass is 292 g/mol. The predicted molar refractivity (Wildman–Crippen MR) is 87.1 cm³/mol. The lowest BCUT2D eigenvalue weighted by molar-refractivity contribution is 0.236. The number of hydrogen-bond acceptors (Lipinski definition) is 2. The predicted octanol–water partition coefficient (Wildman–Crippen LogP) is 3.48. The molecule has 0 heterocycles. The average molecular weight is 292 g/mol. The van der Waals surface area contributed by atoms with Crippen LogP contribution in [-0.2, 0) is 0 Å². The van der Waals surface area contributed by atoms with Crippen molar-refractivity contribution in [1.29, 1.82) is 0 Å². The first kappa shape index (κ1) is 17.3. The second-order valence-electron chi connectivity index (χ2n) is 5.44. The van der Waals surface area contributed by atoms with Crippen LogP contribution in [0.4, 0.5) is 4.79 Å². The summed E-state index contributed by atoms with van der Waals surface area (Å²) in [4.78, 5) is 11.5. The van der Waals surface area contributed by atoms with E-state index in [1.54, 1.807) is 0 Å². The van der Waals surface area contributed by atoms with Gasteiger partial charge in [0.2, 0.25) is 0 Å². The van der Waals surface area contributed by atoms with Crippen molar-refractivity contribution in [3.05, 3.63) is 28.8 Å². The zero-order chi connectivity index (χ0) is 15.7. The Hall–Kier alpha value is -1.71. The maximum absolute atomic E-state index is 11.5. The van der Waals surface area contributed by atoms with Crippen LogP contribution >= 0.6 is 0 Å². The van der Waals surface area contributed by atoms with Crippen molar-refractivity contribution < 1.29 is 9.53 Å². The molecule has 4 heteroatoms. The summed E-state index contributed by atoms with van der Waals surface area (Å²) >= 11 is 0. The number of aryl methyl sites for hydroxylation is 3. The summed E-state index contributed by atoms with van der Waals surface area (Å²) in [6, 6.07) is 4.06. The first-order valence-corrected chi connectivity index (χ1v) is 7.77. The summed E-state index contributed by atoms with van der Waals surface area (Å²) in [5.74, 6) is 0.892. The zero-order valence-corrected chi connectivity index (χ0v) is 13.7. The lowest BCUT2D eigenvalue weighted by Crippen LogP contribution is -2.38. The van der Waals surface area contributed by atoms with Crippen LogP contribution in [0.5, 0.6) is 5.75 Å². The number of carbonyl (C=O) groups is 1. The van der Waals surface area contributed by atoms with Crippen molar-refractivity contribution in [2.75, 3.05) is 19.7 Å². The molecule has 0 aromatic heterocycles. The molecule has 0 unspecified atom stereocenters. The minimum absolute atomic E-state index is 0.119. The van der Waals surface area contributed by atoms with Gasteiger partial charge in [0, 0.05) is 6.54 Å². The fourth-order valence-corrected chi connectivity index (χ4v) is 2.05. The Kier molecular flexibility index (Phi) is 7.65. The number of benzene rings is 1. The molecule has 0 aliphatic rings. The molecule has 0 atom stereocenters. The van der Waals surface area contributed by atoms with Gasteiger partial charge in [-0.2, -0.15) is 0 Å². The summed E-state index contributed by atoms with van der Waals surface area (Å²) in [5, 5.41) is 5.64. The molecule has 4 nitrogen and oxygen atoms in total. The number of unbranched alkanes of at least 4 members (excludes halogenated alkanes) is 2. The van der Waals surface area contributed by atoms with Crippen molar-refractivity contribution in [2.24, 2.45) is 0 Å². The number of rotatable bonds is 8. The van der Waals surface area contributed by atoms with Crippen LogP contribution in [0, 0.1) is 20.8 Å². The van der Waals surface area contributed by atoms with Crippen molar-refractivity contribution >= 4 is 6.03 Å². The third-order valence-electron chi connectivity index (χ3n) is 3.50. The van der Waals surface area contributed by atoms with Gasteiger partial charge in [-0.05, 0) is 49.9 Å². The summed E-state index contributed by atoms with van der Waals surface area (Å²) in [6.45, 7) is 10.1. The molecule has 0 radical (unpaired) electrons. The van der Waals surface area contributed by atoms with E-state index in [9.17, 15) is 4.79 Å². The second kappa shape index (κ2) is 9.27. The number of nitrogens with one attached hydrogen (secondary N) is 2. The van der Waals surface area contributed by atoms with Gasteiger partial charge in [0.05, 0.1) is 6.54 Å². The van der Waals surface area contributed by atoms with Crippen LogP contribution in [-0.4, -0.2) is 25.7 Å². The van der Waals surface area contributed by atoms with Gasteiger partial charge < -0.3 is 15.4 Å². The number of ether oxygens (including phenoxy) is 1. The summed E-state index contributed by atoms with van der Waals surface area (Å²) in [7, 11) is 0. The minimum atomic E-state index is -0.119. The van der Waals surface area contributed by atoms with Gasteiger partial charge in [0.1, 0.15) is 12.4 Å². The fourth-order valence-electron chi connectivity index (χ4n) is 2.05. The van der Waals surface area contributed by atoms with Gasteiger partial charge in [-0.15, -0.1) is 0 Å². The Bertz CT molecular complexity index is 458. The molecule has 2 amide bonds. The summed E-state index contributed by atoms with van der Waals surface area (Å²) in [5.41, 5.74) is 3.61. The van der Waals surface area contributed by atoms with E-state index in [-0.39, 0.29) is 6.03 Å². The lowest BCUT2D eigenvalue weighted by Gasteiger charge is -2.12. The third-order valence-corrected chi connectivity index (χ3v) is 3.50. The van der Waals surface area contributed by atoms with Crippen LogP contribution in [0.1, 0.15) is 42.9 Å². The lowest BCUT2D eigenvalue weighted by atomic mass is 10.1. The Morgan fingerprint density at radius 1 is 1.00 bits per heavy atom. The van der Waals surface area contributed by atoms with E-state index in [2.05, 4.69) is 43.5 Å². The molecular formula is C17H28N2O2. The molecule has 2 N–H and O–H groups in total. The largest absolute Gasteiger partial charge is 0.491 e. The van der Waals surface area contributed by atoms with Gasteiger partial charge in [-0.25, -0.2) is 4.79 Å². The normalized spacial score (nSPS) is 10.3. The molecule has 1 rings (SSSR count). The Morgan fingerprint density at radius 2 is 1.67 bits per heavy atom. The Balaban J connectivity index is 2.22. The highest BCUT2D eigenvalue weighted by atomic mass is 16.5. The average Bonchev–Trinajstić information content (AvgIpc) is 2.45. The molecule has 118 valence electrons. The van der Waals surface area contributed by atoms with Gasteiger partial charge in [-0.3, -0.25) is 0 Å². The van der Waals surface area contributed by atoms with Crippen LogP contribution in [0.2, 0.25) is 0 Å². The van der Waals surface area contributed by atoms with E-state index in [4.69, 9.17) is 4.74 Å².